The number of nitrogens with zero attached hydrogens (tertiary/aromatic N) is 1. The molecule has 4 nitrogen and oxygen atoms in total. The van der Waals surface area contributed by atoms with Crippen molar-refractivity contribution in [2.75, 3.05) is 5.73 Å². The van der Waals surface area contributed by atoms with Crippen molar-refractivity contribution in [3.8, 4) is 0 Å². The van der Waals surface area contributed by atoms with Crippen LogP contribution in [0.25, 0.3) is 21.5 Å². The number of nitrogens with two attached hydrogens (primary N) is 1. The molecule has 1 aliphatic rings. The second kappa shape index (κ2) is 5.68. The Morgan fingerprint density at radius 3 is 2.30 bits per heavy atom. The van der Waals surface area contributed by atoms with Crippen molar-refractivity contribution in [2.45, 2.75) is 6.54 Å². The quantitative estimate of drug-likeness (QED) is 0.430. The van der Waals surface area contributed by atoms with E-state index in [9.17, 15) is 9.59 Å². The van der Waals surface area contributed by atoms with E-state index < -0.39 is 0 Å². The summed E-state index contributed by atoms with van der Waals surface area (Å²) in [6.45, 7) is 0.229. The molecule has 0 bridgehead atoms. The fourth-order valence-corrected chi connectivity index (χ4v) is 3.84. The molecule has 27 heavy (non-hydrogen) atoms. The summed E-state index contributed by atoms with van der Waals surface area (Å²) in [5.41, 5.74) is 8.44. The van der Waals surface area contributed by atoms with Gasteiger partial charge in [0, 0.05) is 16.6 Å². The molecule has 4 aromatic rings. The van der Waals surface area contributed by atoms with Gasteiger partial charge in [-0.2, -0.15) is 0 Å². The molecule has 1 heterocycles. The Bertz CT molecular complexity index is 1260. The predicted octanol–water partition coefficient (Wildman–Crippen LogP) is 4.37. The zero-order valence-corrected chi connectivity index (χ0v) is 14.5. The first-order valence-corrected chi connectivity index (χ1v) is 8.78. The largest absolute Gasteiger partial charge is 0.399 e. The summed E-state index contributed by atoms with van der Waals surface area (Å²) in [5.74, 6) is -0.569. The first-order chi connectivity index (χ1) is 13.1. The molecule has 130 valence electrons. The van der Waals surface area contributed by atoms with Crippen LogP contribution >= 0.6 is 0 Å². The number of carbonyl (C=O) groups excluding carboxylic acids is 2. The Labute approximate surface area is 155 Å². The first kappa shape index (κ1) is 15.6. The van der Waals surface area contributed by atoms with Crippen LogP contribution in [0.3, 0.4) is 0 Å². The number of amides is 2. The Kier molecular flexibility index (Phi) is 3.28. The van der Waals surface area contributed by atoms with E-state index >= 15 is 0 Å². The van der Waals surface area contributed by atoms with Crippen LogP contribution in [0.15, 0.2) is 72.8 Å². The summed E-state index contributed by atoms with van der Waals surface area (Å²) < 4.78 is 0. The summed E-state index contributed by atoms with van der Waals surface area (Å²) in [6.07, 6.45) is 0. The van der Waals surface area contributed by atoms with Gasteiger partial charge < -0.3 is 5.73 Å². The molecule has 0 aliphatic carbocycles. The van der Waals surface area contributed by atoms with Crippen LogP contribution in [-0.4, -0.2) is 16.7 Å². The third kappa shape index (κ3) is 2.38. The topological polar surface area (TPSA) is 63.4 Å². The van der Waals surface area contributed by atoms with Crippen LogP contribution in [0.1, 0.15) is 26.3 Å². The molecule has 0 spiro atoms. The monoisotopic (exact) mass is 352 g/mol. The van der Waals surface area contributed by atoms with Gasteiger partial charge in [0.25, 0.3) is 11.8 Å². The highest BCUT2D eigenvalue weighted by Gasteiger charge is 2.33. The van der Waals surface area contributed by atoms with Crippen molar-refractivity contribution in [3.63, 3.8) is 0 Å². The number of benzene rings is 4. The maximum Gasteiger partial charge on any atom is 0.261 e. The molecular formula is C23H16N2O2. The van der Waals surface area contributed by atoms with Crippen LogP contribution in [-0.2, 0) is 6.54 Å². The molecule has 4 heteroatoms. The third-order valence-electron chi connectivity index (χ3n) is 5.10. The van der Waals surface area contributed by atoms with Gasteiger partial charge in [-0.1, -0.05) is 48.5 Å². The lowest BCUT2D eigenvalue weighted by Gasteiger charge is -2.27. The molecule has 5 rings (SSSR count). The standard InChI is InChI=1S/C23H16N2O2/c24-18-11-17-6-3-7-19-21(17)20(12-18)23(27)25(22(19)26)13-14-8-9-15-4-1-2-5-16(15)10-14/h1-12H,13,24H2. The minimum absolute atomic E-state index is 0.229. The molecular weight excluding hydrogens is 336 g/mol. The highest BCUT2D eigenvalue weighted by atomic mass is 16.2. The average Bonchev–Trinajstić information content (AvgIpc) is 2.68. The van der Waals surface area contributed by atoms with E-state index in [0.29, 0.717) is 22.2 Å². The molecule has 0 aromatic heterocycles. The van der Waals surface area contributed by atoms with Crippen molar-refractivity contribution >= 4 is 39.0 Å². The molecule has 1 aliphatic heterocycles. The van der Waals surface area contributed by atoms with E-state index in [1.54, 1.807) is 18.2 Å². The first-order valence-electron chi connectivity index (χ1n) is 8.78. The number of hydrogen-bond acceptors (Lipinski definition) is 3. The summed E-state index contributed by atoms with van der Waals surface area (Å²) in [5, 5.41) is 3.71. The molecule has 0 saturated carbocycles. The van der Waals surface area contributed by atoms with Crippen molar-refractivity contribution < 1.29 is 9.59 Å². The lowest BCUT2D eigenvalue weighted by molar-refractivity contribution is 0.0598. The molecule has 2 N–H and O–H groups in total. The summed E-state index contributed by atoms with van der Waals surface area (Å²) in [4.78, 5) is 27.4. The number of hydrogen-bond donors (Lipinski definition) is 1. The molecule has 0 unspecified atom stereocenters. The highest BCUT2D eigenvalue weighted by molar-refractivity contribution is 6.25. The van der Waals surface area contributed by atoms with Crippen molar-refractivity contribution in [1.82, 2.24) is 4.90 Å². The van der Waals surface area contributed by atoms with Gasteiger partial charge in [-0.25, -0.2) is 0 Å². The van der Waals surface area contributed by atoms with Gasteiger partial charge in [0.05, 0.1) is 12.1 Å². The van der Waals surface area contributed by atoms with E-state index in [4.69, 9.17) is 5.73 Å². The minimum atomic E-state index is -0.302. The molecule has 0 saturated heterocycles. The van der Waals surface area contributed by atoms with E-state index in [1.165, 1.54) is 4.90 Å². The fourth-order valence-electron chi connectivity index (χ4n) is 3.84. The van der Waals surface area contributed by atoms with Gasteiger partial charge in [0.15, 0.2) is 0 Å². The maximum absolute atomic E-state index is 13.1. The van der Waals surface area contributed by atoms with Gasteiger partial charge in [-0.15, -0.1) is 0 Å². The SMILES string of the molecule is Nc1cc2c3c(cccc3c1)C(=O)N(Cc1ccc3ccccc3c1)C2=O. The Balaban J connectivity index is 1.61. The lowest BCUT2D eigenvalue weighted by Crippen LogP contribution is -2.39. The smallest absolute Gasteiger partial charge is 0.261 e. The molecule has 0 radical (unpaired) electrons. The predicted molar refractivity (Wildman–Crippen MR) is 107 cm³/mol. The Morgan fingerprint density at radius 1 is 0.704 bits per heavy atom. The van der Waals surface area contributed by atoms with Crippen molar-refractivity contribution in [1.29, 1.82) is 0 Å². The zero-order chi connectivity index (χ0) is 18.5. The summed E-state index contributed by atoms with van der Waals surface area (Å²) in [6, 6.07) is 22.9. The van der Waals surface area contributed by atoms with Crippen LogP contribution in [0.5, 0.6) is 0 Å². The molecule has 4 aromatic carbocycles. The van der Waals surface area contributed by atoms with Gasteiger partial charge >= 0.3 is 0 Å². The van der Waals surface area contributed by atoms with Crippen molar-refractivity contribution in [3.05, 3.63) is 89.5 Å². The van der Waals surface area contributed by atoms with Gasteiger partial charge in [-0.05, 0) is 46.0 Å². The Morgan fingerprint density at radius 2 is 1.44 bits per heavy atom. The number of anilines is 1. The van der Waals surface area contributed by atoms with Crippen LogP contribution in [0, 0.1) is 0 Å². The van der Waals surface area contributed by atoms with E-state index in [0.717, 1.165) is 21.7 Å². The zero-order valence-electron chi connectivity index (χ0n) is 14.5. The maximum atomic E-state index is 13.1. The van der Waals surface area contributed by atoms with Gasteiger partial charge in [-0.3, -0.25) is 14.5 Å². The normalized spacial score (nSPS) is 13.6. The average molecular weight is 352 g/mol. The number of imide groups is 1. The van der Waals surface area contributed by atoms with E-state index in [-0.39, 0.29) is 18.4 Å². The molecule has 2 amide bonds. The van der Waals surface area contributed by atoms with E-state index in [1.807, 2.05) is 54.6 Å². The molecule has 0 fully saturated rings. The minimum Gasteiger partial charge on any atom is -0.399 e. The fraction of sp³-hybridized carbons (Fsp3) is 0.0435. The summed E-state index contributed by atoms with van der Waals surface area (Å²) >= 11 is 0. The van der Waals surface area contributed by atoms with Crippen molar-refractivity contribution in [2.24, 2.45) is 0 Å². The van der Waals surface area contributed by atoms with Crippen LogP contribution in [0.2, 0.25) is 0 Å². The summed E-state index contributed by atoms with van der Waals surface area (Å²) in [7, 11) is 0. The Hall–Kier alpha value is -3.66. The second-order valence-electron chi connectivity index (χ2n) is 6.85. The number of carbonyl (C=O) groups is 2. The van der Waals surface area contributed by atoms with Gasteiger partial charge in [0.2, 0.25) is 0 Å². The lowest BCUT2D eigenvalue weighted by atomic mass is 9.93. The second-order valence-corrected chi connectivity index (χ2v) is 6.85. The number of rotatable bonds is 2. The number of fused-ring (bicyclic) bond motifs is 1. The molecule has 0 atom stereocenters. The van der Waals surface area contributed by atoms with Crippen LogP contribution in [0.4, 0.5) is 5.69 Å². The third-order valence-corrected chi connectivity index (χ3v) is 5.10. The van der Waals surface area contributed by atoms with Gasteiger partial charge in [0.1, 0.15) is 0 Å². The van der Waals surface area contributed by atoms with E-state index in [2.05, 4.69) is 0 Å². The van der Waals surface area contributed by atoms with Crippen LogP contribution < -0.4 is 5.73 Å². The number of nitrogen functional groups attached to an aromatic ring is 1. The highest BCUT2D eigenvalue weighted by Crippen LogP contribution is 2.32.